The van der Waals surface area contributed by atoms with Crippen molar-refractivity contribution in [1.29, 1.82) is 0 Å². The Labute approximate surface area is 181 Å². The standard InChI is InChI=1S/C23H25N5O3/c1-28(2)21-13-18(26-23(27-21)17-5-3-8-24-14-17)15-25-22(29)12-16-6-7-19-20(11-16)31-10-4-9-30-19/h3,5-8,11,13-14H,4,9-10,12,15H2,1-2H3,(H,25,29). The average Bonchev–Trinajstić information content (AvgIpc) is 3.03. The molecule has 0 radical (unpaired) electrons. The van der Waals surface area contributed by atoms with Gasteiger partial charge in [0.05, 0.1) is 31.9 Å². The van der Waals surface area contributed by atoms with Crippen molar-refractivity contribution in [3.63, 3.8) is 0 Å². The maximum atomic E-state index is 12.5. The third-order valence-corrected chi connectivity index (χ3v) is 4.79. The molecule has 1 aromatic carbocycles. The van der Waals surface area contributed by atoms with Gasteiger partial charge in [0.2, 0.25) is 5.91 Å². The molecule has 4 rings (SSSR count). The fourth-order valence-electron chi connectivity index (χ4n) is 3.18. The van der Waals surface area contributed by atoms with Gasteiger partial charge in [0.1, 0.15) is 5.82 Å². The average molecular weight is 419 g/mol. The number of aromatic nitrogens is 3. The number of anilines is 1. The number of hydrogen-bond donors (Lipinski definition) is 1. The largest absolute Gasteiger partial charge is 0.490 e. The van der Waals surface area contributed by atoms with Crippen LogP contribution in [0.5, 0.6) is 11.5 Å². The molecule has 0 saturated carbocycles. The number of pyridine rings is 1. The maximum Gasteiger partial charge on any atom is 0.224 e. The van der Waals surface area contributed by atoms with Crippen LogP contribution in [0.25, 0.3) is 11.4 Å². The van der Waals surface area contributed by atoms with Crippen LogP contribution in [-0.4, -0.2) is 48.2 Å². The number of nitrogens with zero attached hydrogens (tertiary/aromatic N) is 4. The number of amides is 1. The molecule has 0 bridgehead atoms. The maximum absolute atomic E-state index is 12.5. The SMILES string of the molecule is CN(C)c1cc(CNC(=O)Cc2ccc3c(c2)OCCCO3)nc(-c2cccnc2)n1. The second kappa shape index (κ2) is 9.42. The van der Waals surface area contributed by atoms with Gasteiger partial charge in [-0.1, -0.05) is 6.07 Å². The van der Waals surface area contributed by atoms with E-state index in [1.165, 1.54) is 0 Å². The Morgan fingerprint density at radius 2 is 1.94 bits per heavy atom. The van der Waals surface area contributed by atoms with Crippen LogP contribution in [0.4, 0.5) is 5.82 Å². The summed E-state index contributed by atoms with van der Waals surface area (Å²) in [4.78, 5) is 27.8. The highest BCUT2D eigenvalue weighted by Gasteiger charge is 2.13. The van der Waals surface area contributed by atoms with Gasteiger partial charge in [-0.15, -0.1) is 0 Å². The zero-order valence-corrected chi connectivity index (χ0v) is 17.7. The molecule has 1 N–H and O–H groups in total. The van der Waals surface area contributed by atoms with Crippen molar-refractivity contribution in [2.75, 3.05) is 32.2 Å². The lowest BCUT2D eigenvalue weighted by Gasteiger charge is -2.14. The van der Waals surface area contributed by atoms with Gasteiger partial charge in [-0.3, -0.25) is 9.78 Å². The van der Waals surface area contributed by atoms with Gasteiger partial charge < -0.3 is 19.7 Å². The van der Waals surface area contributed by atoms with E-state index in [1.807, 2.05) is 55.4 Å². The fraction of sp³-hybridized carbons (Fsp3) is 0.304. The Kier molecular flexibility index (Phi) is 6.26. The van der Waals surface area contributed by atoms with Crippen molar-refractivity contribution in [1.82, 2.24) is 20.3 Å². The van der Waals surface area contributed by atoms with Crippen molar-refractivity contribution >= 4 is 11.7 Å². The first-order valence-electron chi connectivity index (χ1n) is 10.2. The first-order chi connectivity index (χ1) is 15.1. The minimum atomic E-state index is -0.0950. The summed E-state index contributed by atoms with van der Waals surface area (Å²) in [5.41, 5.74) is 2.42. The molecule has 2 aromatic heterocycles. The monoisotopic (exact) mass is 419 g/mol. The van der Waals surface area contributed by atoms with Gasteiger partial charge in [0, 0.05) is 44.5 Å². The fourth-order valence-corrected chi connectivity index (χ4v) is 3.18. The minimum absolute atomic E-state index is 0.0950. The number of hydrogen-bond acceptors (Lipinski definition) is 7. The van der Waals surface area contributed by atoms with Crippen molar-refractivity contribution in [3.8, 4) is 22.9 Å². The van der Waals surface area contributed by atoms with Crippen LogP contribution in [0.2, 0.25) is 0 Å². The lowest BCUT2D eigenvalue weighted by Crippen LogP contribution is -2.25. The van der Waals surface area contributed by atoms with E-state index in [4.69, 9.17) is 9.47 Å². The summed E-state index contributed by atoms with van der Waals surface area (Å²) < 4.78 is 11.4. The van der Waals surface area contributed by atoms with Gasteiger partial charge in [0.25, 0.3) is 0 Å². The lowest BCUT2D eigenvalue weighted by molar-refractivity contribution is -0.120. The summed E-state index contributed by atoms with van der Waals surface area (Å²) in [5.74, 6) is 2.66. The third kappa shape index (κ3) is 5.28. The van der Waals surface area contributed by atoms with Crippen molar-refractivity contribution < 1.29 is 14.3 Å². The molecule has 0 spiro atoms. The van der Waals surface area contributed by atoms with E-state index in [1.54, 1.807) is 12.4 Å². The molecule has 0 saturated heterocycles. The third-order valence-electron chi connectivity index (χ3n) is 4.79. The molecule has 0 unspecified atom stereocenters. The molecular weight excluding hydrogens is 394 g/mol. The van der Waals surface area contributed by atoms with E-state index < -0.39 is 0 Å². The number of rotatable bonds is 6. The van der Waals surface area contributed by atoms with Gasteiger partial charge in [-0.2, -0.15) is 0 Å². The molecule has 3 aromatic rings. The molecular formula is C23H25N5O3. The summed E-state index contributed by atoms with van der Waals surface area (Å²) in [6, 6.07) is 11.2. The molecule has 8 heteroatoms. The van der Waals surface area contributed by atoms with Crippen molar-refractivity contribution in [2.24, 2.45) is 0 Å². The Morgan fingerprint density at radius 3 is 2.71 bits per heavy atom. The van der Waals surface area contributed by atoms with Crippen LogP contribution in [0, 0.1) is 0 Å². The lowest BCUT2D eigenvalue weighted by atomic mass is 10.1. The summed E-state index contributed by atoms with van der Waals surface area (Å²) in [5, 5.41) is 2.95. The highest BCUT2D eigenvalue weighted by atomic mass is 16.5. The molecule has 1 aliphatic heterocycles. The highest BCUT2D eigenvalue weighted by molar-refractivity contribution is 5.78. The van der Waals surface area contributed by atoms with Crippen molar-refractivity contribution in [3.05, 3.63) is 60.0 Å². The van der Waals surface area contributed by atoms with Gasteiger partial charge in [0.15, 0.2) is 17.3 Å². The second-order valence-corrected chi connectivity index (χ2v) is 7.46. The summed E-state index contributed by atoms with van der Waals surface area (Å²) in [6.45, 7) is 1.56. The topological polar surface area (TPSA) is 89.5 Å². The van der Waals surface area contributed by atoms with E-state index >= 15 is 0 Å². The Hall–Kier alpha value is -3.68. The molecule has 160 valence electrons. The number of carbonyl (C=O) groups is 1. The van der Waals surface area contributed by atoms with Crippen LogP contribution in [0.3, 0.4) is 0 Å². The smallest absolute Gasteiger partial charge is 0.224 e. The summed E-state index contributed by atoms with van der Waals surface area (Å²) >= 11 is 0. The normalized spacial score (nSPS) is 12.7. The van der Waals surface area contributed by atoms with E-state index in [-0.39, 0.29) is 12.3 Å². The Bertz CT molecular complexity index is 1060. The van der Waals surface area contributed by atoms with Crippen LogP contribution in [0.15, 0.2) is 48.8 Å². The number of fused-ring (bicyclic) bond motifs is 1. The predicted molar refractivity (Wildman–Crippen MR) is 117 cm³/mol. The summed E-state index contributed by atoms with van der Waals surface area (Å²) in [7, 11) is 3.84. The first-order valence-corrected chi connectivity index (χ1v) is 10.2. The molecule has 1 amide bonds. The first kappa shape index (κ1) is 20.6. The van der Waals surface area contributed by atoms with Crippen molar-refractivity contribution in [2.45, 2.75) is 19.4 Å². The minimum Gasteiger partial charge on any atom is -0.490 e. The summed E-state index contributed by atoms with van der Waals surface area (Å²) in [6.07, 6.45) is 4.53. The molecule has 8 nitrogen and oxygen atoms in total. The van der Waals surface area contributed by atoms with E-state index in [0.29, 0.717) is 31.3 Å². The van der Waals surface area contributed by atoms with E-state index in [0.717, 1.165) is 34.8 Å². The number of benzene rings is 1. The number of ether oxygens (including phenoxy) is 2. The van der Waals surface area contributed by atoms with Gasteiger partial charge in [-0.25, -0.2) is 9.97 Å². The molecule has 0 atom stereocenters. The predicted octanol–water partition coefficient (Wildman–Crippen LogP) is 2.62. The Morgan fingerprint density at radius 1 is 1.10 bits per heavy atom. The zero-order chi connectivity index (χ0) is 21.6. The second-order valence-electron chi connectivity index (χ2n) is 7.46. The Balaban J connectivity index is 1.44. The molecule has 0 fully saturated rings. The van der Waals surface area contributed by atoms with Gasteiger partial charge >= 0.3 is 0 Å². The van der Waals surface area contributed by atoms with Crippen LogP contribution >= 0.6 is 0 Å². The molecule has 0 aliphatic carbocycles. The van der Waals surface area contributed by atoms with E-state index in [2.05, 4.69) is 20.3 Å². The quantitative estimate of drug-likeness (QED) is 0.657. The van der Waals surface area contributed by atoms with Gasteiger partial charge in [-0.05, 0) is 29.8 Å². The van der Waals surface area contributed by atoms with E-state index in [9.17, 15) is 4.79 Å². The van der Waals surface area contributed by atoms with Crippen LogP contribution in [0.1, 0.15) is 17.7 Å². The zero-order valence-electron chi connectivity index (χ0n) is 17.7. The van der Waals surface area contributed by atoms with Crippen LogP contribution in [-0.2, 0) is 17.8 Å². The van der Waals surface area contributed by atoms with Crippen LogP contribution < -0.4 is 19.7 Å². The highest BCUT2D eigenvalue weighted by Crippen LogP contribution is 2.30. The number of nitrogens with one attached hydrogen (secondary N) is 1. The molecule has 1 aliphatic rings. The number of carbonyl (C=O) groups excluding carboxylic acids is 1. The molecule has 3 heterocycles. The molecule has 31 heavy (non-hydrogen) atoms.